The number of unbranched alkanes of at least 4 members (excludes halogenated alkanes) is 12. The molecule has 1 aromatic heterocycles. The van der Waals surface area contributed by atoms with Gasteiger partial charge in [0.05, 0.1) is 21.9 Å². The quantitative estimate of drug-likeness (QED) is 0.136. The summed E-state index contributed by atoms with van der Waals surface area (Å²) in [5, 5.41) is 4.62. The Balaban J connectivity index is 1.25. The molecule has 0 radical (unpaired) electrons. The van der Waals surface area contributed by atoms with Crippen molar-refractivity contribution in [3.63, 3.8) is 0 Å². The third kappa shape index (κ3) is 10.7. The van der Waals surface area contributed by atoms with Gasteiger partial charge in [-0.2, -0.15) is 0 Å². The van der Waals surface area contributed by atoms with Crippen LogP contribution in [0.25, 0.3) is 11.0 Å². The number of hydrogen-bond donors (Lipinski definition) is 1. The molecule has 7 heteroatoms. The fraction of sp³-hybridized carbons (Fsp3) is 0.742. The Hall–Kier alpha value is -1.30. The lowest BCUT2D eigenvalue weighted by atomic mass is 9.97. The zero-order valence-electron chi connectivity index (χ0n) is 23.5. The molecule has 0 saturated carbocycles. The first-order chi connectivity index (χ1) is 18.6. The van der Waals surface area contributed by atoms with Crippen LogP contribution in [0.5, 0.6) is 0 Å². The minimum atomic E-state index is -0.0288. The second kappa shape index (κ2) is 18.1. The number of fused-ring (bicyclic) bond motifs is 1. The topological polar surface area (TPSA) is 56.1 Å². The molecule has 38 heavy (non-hydrogen) atoms. The molecule has 5 nitrogen and oxygen atoms in total. The molecule has 1 aromatic carbocycles. The van der Waals surface area contributed by atoms with Gasteiger partial charge >= 0.3 is 5.97 Å². The van der Waals surface area contributed by atoms with Gasteiger partial charge in [0.2, 0.25) is 0 Å². The summed E-state index contributed by atoms with van der Waals surface area (Å²) < 4.78 is 8.07. The number of esters is 1. The summed E-state index contributed by atoms with van der Waals surface area (Å²) in [6, 6.07) is 4.00. The summed E-state index contributed by atoms with van der Waals surface area (Å²) in [5.41, 5.74) is 1.74. The van der Waals surface area contributed by atoms with Crippen molar-refractivity contribution in [1.82, 2.24) is 14.9 Å². The average Bonchev–Trinajstić information content (AvgIpc) is 3.33. The lowest BCUT2D eigenvalue weighted by Gasteiger charge is -2.32. The van der Waals surface area contributed by atoms with E-state index in [2.05, 4.69) is 21.8 Å². The van der Waals surface area contributed by atoms with E-state index in [0.29, 0.717) is 16.5 Å². The second-order valence-corrected chi connectivity index (χ2v) is 11.8. The molecule has 1 aliphatic heterocycles. The number of nitrogens with zero attached hydrogens (tertiary/aromatic N) is 2. The molecule has 1 saturated heterocycles. The summed E-state index contributed by atoms with van der Waals surface area (Å²) in [4.78, 5) is 17.0. The fourth-order valence-corrected chi connectivity index (χ4v) is 5.96. The van der Waals surface area contributed by atoms with E-state index < -0.39 is 0 Å². The standard InChI is InChI=1S/C31H49Cl2N3O2/c1-2-3-4-5-6-7-8-9-10-11-12-13-14-19-29(37)38-28-18-15-22-34-26(28)17-16-23-36-24-35-31-27(36)21-20-25(32)30(31)33/h20-21,24,26,28,34H,2-19,22-23H2,1H3/t26-,28+/m1/s1. The third-order valence-electron chi connectivity index (χ3n) is 7.89. The smallest absolute Gasteiger partial charge is 0.306 e. The number of aromatic nitrogens is 2. The minimum Gasteiger partial charge on any atom is -0.461 e. The van der Waals surface area contributed by atoms with E-state index in [1.165, 1.54) is 70.6 Å². The Kier molecular flexibility index (Phi) is 14.9. The number of carbonyl (C=O) groups excluding carboxylic acids is 1. The molecule has 0 aliphatic carbocycles. The lowest BCUT2D eigenvalue weighted by molar-refractivity contribution is -0.152. The van der Waals surface area contributed by atoms with Crippen LogP contribution in [0, 0.1) is 0 Å². The van der Waals surface area contributed by atoms with Gasteiger partial charge in [0.25, 0.3) is 0 Å². The number of benzene rings is 1. The summed E-state index contributed by atoms with van der Waals surface area (Å²) in [5.74, 6) is -0.0288. The number of imidazole rings is 1. The highest BCUT2D eigenvalue weighted by Crippen LogP contribution is 2.30. The second-order valence-electron chi connectivity index (χ2n) is 11.0. The number of carbonyl (C=O) groups is 1. The molecule has 1 aliphatic rings. The molecule has 2 heterocycles. The van der Waals surface area contributed by atoms with Crippen LogP contribution in [-0.4, -0.2) is 34.2 Å². The number of hydrogen-bond acceptors (Lipinski definition) is 4. The first-order valence-electron chi connectivity index (χ1n) is 15.3. The summed E-state index contributed by atoms with van der Waals surface area (Å²) in [6.07, 6.45) is 23.3. The molecule has 0 unspecified atom stereocenters. The molecule has 2 aromatic rings. The van der Waals surface area contributed by atoms with Crippen LogP contribution in [-0.2, 0) is 16.1 Å². The highest BCUT2D eigenvalue weighted by Gasteiger charge is 2.27. The Morgan fingerprint density at radius 2 is 1.63 bits per heavy atom. The van der Waals surface area contributed by atoms with Gasteiger partial charge in [0.15, 0.2) is 0 Å². The van der Waals surface area contributed by atoms with E-state index in [1.807, 2.05) is 18.5 Å². The van der Waals surface area contributed by atoms with Gasteiger partial charge in [-0.05, 0) is 50.8 Å². The van der Waals surface area contributed by atoms with Gasteiger partial charge in [-0.1, -0.05) is 107 Å². The van der Waals surface area contributed by atoms with Crippen molar-refractivity contribution in [2.45, 2.75) is 141 Å². The first-order valence-corrected chi connectivity index (χ1v) is 16.1. The minimum absolute atomic E-state index is 0.0222. The molecular weight excluding hydrogens is 517 g/mol. The Bertz CT molecular complexity index is 949. The first kappa shape index (κ1) is 31.2. The van der Waals surface area contributed by atoms with Crippen LogP contribution in [0.3, 0.4) is 0 Å². The van der Waals surface area contributed by atoms with Crippen LogP contribution < -0.4 is 5.32 Å². The SMILES string of the molecule is CCCCCCCCCCCCCCCC(=O)O[C@H]1CCCN[C@@H]1CCCn1cnc2c(Cl)c(Cl)ccc21. The van der Waals surface area contributed by atoms with E-state index in [0.717, 1.165) is 62.6 Å². The molecule has 0 spiro atoms. The molecule has 0 bridgehead atoms. The predicted octanol–water partition coefficient (Wildman–Crippen LogP) is 9.27. The normalized spacial score (nSPS) is 17.8. The van der Waals surface area contributed by atoms with Crippen molar-refractivity contribution < 1.29 is 9.53 Å². The van der Waals surface area contributed by atoms with Crippen LogP contribution in [0.1, 0.15) is 122 Å². The monoisotopic (exact) mass is 565 g/mol. The number of piperidine rings is 1. The number of ether oxygens (including phenoxy) is 1. The van der Waals surface area contributed by atoms with Crippen LogP contribution in [0.15, 0.2) is 18.5 Å². The summed E-state index contributed by atoms with van der Waals surface area (Å²) in [7, 11) is 0. The summed E-state index contributed by atoms with van der Waals surface area (Å²) in [6.45, 7) is 4.10. The molecule has 0 amide bonds. The van der Waals surface area contributed by atoms with Crippen molar-refractivity contribution in [3.05, 3.63) is 28.5 Å². The highest BCUT2D eigenvalue weighted by molar-refractivity contribution is 6.44. The van der Waals surface area contributed by atoms with Crippen LogP contribution >= 0.6 is 23.2 Å². The van der Waals surface area contributed by atoms with E-state index in [9.17, 15) is 4.79 Å². The fourth-order valence-electron chi connectivity index (χ4n) is 5.60. The zero-order valence-corrected chi connectivity index (χ0v) is 25.0. The van der Waals surface area contributed by atoms with Gasteiger partial charge in [0, 0.05) is 19.0 Å². The van der Waals surface area contributed by atoms with Gasteiger partial charge in [-0.15, -0.1) is 0 Å². The third-order valence-corrected chi connectivity index (χ3v) is 8.68. The maximum absolute atomic E-state index is 12.5. The number of halogens is 2. The van der Waals surface area contributed by atoms with Gasteiger partial charge in [0.1, 0.15) is 11.6 Å². The van der Waals surface area contributed by atoms with Crippen molar-refractivity contribution >= 4 is 40.2 Å². The Morgan fingerprint density at radius 1 is 0.974 bits per heavy atom. The lowest BCUT2D eigenvalue weighted by Crippen LogP contribution is -2.47. The van der Waals surface area contributed by atoms with Gasteiger partial charge in [-0.3, -0.25) is 4.79 Å². The van der Waals surface area contributed by atoms with Gasteiger partial charge < -0.3 is 14.6 Å². The van der Waals surface area contributed by atoms with Crippen molar-refractivity contribution in [1.29, 1.82) is 0 Å². The number of nitrogens with one attached hydrogen (secondary N) is 1. The highest BCUT2D eigenvalue weighted by atomic mass is 35.5. The van der Waals surface area contributed by atoms with Gasteiger partial charge in [-0.25, -0.2) is 4.98 Å². The largest absolute Gasteiger partial charge is 0.461 e. The maximum Gasteiger partial charge on any atom is 0.306 e. The Morgan fingerprint density at radius 3 is 2.32 bits per heavy atom. The van der Waals surface area contributed by atoms with E-state index in [4.69, 9.17) is 27.9 Å². The summed E-state index contributed by atoms with van der Waals surface area (Å²) >= 11 is 12.4. The molecular formula is C31H49Cl2N3O2. The van der Waals surface area contributed by atoms with Crippen molar-refractivity contribution in [2.24, 2.45) is 0 Å². The molecule has 1 fully saturated rings. The van der Waals surface area contributed by atoms with Crippen molar-refractivity contribution in [2.75, 3.05) is 6.54 Å². The number of aryl methyl sites for hydroxylation is 1. The maximum atomic E-state index is 12.5. The number of rotatable bonds is 19. The van der Waals surface area contributed by atoms with Crippen LogP contribution in [0.2, 0.25) is 10.0 Å². The Labute approximate surface area is 240 Å². The predicted molar refractivity (Wildman–Crippen MR) is 160 cm³/mol. The average molecular weight is 567 g/mol. The van der Waals surface area contributed by atoms with E-state index in [1.54, 1.807) is 0 Å². The van der Waals surface area contributed by atoms with Crippen molar-refractivity contribution in [3.8, 4) is 0 Å². The molecule has 1 N–H and O–H groups in total. The van der Waals surface area contributed by atoms with Crippen LogP contribution in [0.4, 0.5) is 0 Å². The molecule has 214 valence electrons. The van der Waals surface area contributed by atoms with E-state index in [-0.39, 0.29) is 18.1 Å². The molecule has 2 atom stereocenters. The molecule has 3 rings (SSSR count). The zero-order chi connectivity index (χ0) is 27.0. The van der Waals surface area contributed by atoms with E-state index >= 15 is 0 Å².